The third kappa shape index (κ3) is 5.10. The van der Waals surface area contributed by atoms with Gasteiger partial charge in [-0.1, -0.05) is 6.92 Å². The van der Waals surface area contributed by atoms with Crippen molar-refractivity contribution in [3.63, 3.8) is 0 Å². The molecule has 1 atom stereocenters. The highest BCUT2D eigenvalue weighted by molar-refractivity contribution is 5.36. The van der Waals surface area contributed by atoms with Gasteiger partial charge in [0.2, 0.25) is 0 Å². The summed E-state index contributed by atoms with van der Waals surface area (Å²) in [6.45, 7) is 2.81. The molecule has 0 N–H and O–H groups in total. The van der Waals surface area contributed by atoms with Gasteiger partial charge in [-0.2, -0.15) is 5.26 Å². The molecule has 0 aliphatic carbocycles. The molecule has 0 aliphatic rings. The highest BCUT2D eigenvalue weighted by Gasteiger charge is 1.99. The Kier molecular flexibility index (Phi) is 5.45. The molecule has 3 heteroatoms. The maximum absolute atomic E-state index is 9.66. The lowest BCUT2D eigenvalue weighted by molar-refractivity contribution is -0.128. The maximum atomic E-state index is 9.66. The number of nitriles is 1. The van der Waals surface area contributed by atoms with Crippen LogP contribution in [0.15, 0.2) is 0 Å². The Balaban J connectivity index is 3.14. The number of hydrogen-bond acceptors (Lipinski definition) is 3. The van der Waals surface area contributed by atoms with Crippen LogP contribution in [0.1, 0.15) is 19.8 Å². The van der Waals surface area contributed by atoms with Crippen molar-refractivity contribution in [2.24, 2.45) is 5.92 Å². The van der Waals surface area contributed by atoms with Gasteiger partial charge in [0, 0.05) is 6.42 Å². The van der Waals surface area contributed by atoms with E-state index in [1.165, 1.54) is 0 Å². The predicted octanol–water partition coefficient (Wildman–Crippen LogP) is 1.10. The molecule has 3 nitrogen and oxygen atoms in total. The zero-order valence-electron chi connectivity index (χ0n) is 6.04. The Morgan fingerprint density at radius 1 is 1.80 bits per heavy atom. The normalized spacial score (nSPS) is 11.6. The Bertz CT molecular complexity index is 128. The van der Waals surface area contributed by atoms with Gasteiger partial charge in [0.15, 0.2) is 0 Å². The number of nitrogens with zero attached hydrogens (tertiary/aromatic N) is 1. The minimum Gasteiger partial charge on any atom is -0.468 e. The van der Waals surface area contributed by atoms with Crippen LogP contribution in [0.4, 0.5) is 0 Å². The van der Waals surface area contributed by atoms with E-state index in [0.717, 1.165) is 6.42 Å². The second kappa shape index (κ2) is 6.09. The molecule has 0 radical (unpaired) electrons. The summed E-state index contributed by atoms with van der Waals surface area (Å²) in [6, 6.07) is 2.05. The molecule has 56 valence electrons. The third-order valence-corrected chi connectivity index (χ3v) is 1.24. The number of ether oxygens (including phenoxy) is 1. The third-order valence-electron chi connectivity index (χ3n) is 1.24. The van der Waals surface area contributed by atoms with E-state index in [1.807, 2.05) is 6.92 Å². The van der Waals surface area contributed by atoms with Crippen LogP contribution in [0.25, 0.3) is 0 Å². The zero-order chi connectivity index (χ0) is 7.82. The van der Waals surface area contributed by atoms with Gasteiger partial charge in [-0.3, -0.25) is 4.79 Å². The van der Waals surface area contributed by atoms with Crippen LogP contribution in [0.3, 0.4) is 0 Å². The average molecular weight is 141 g/mol. The molecule has 0 aliphatic heterocycles. The maximum Gasteiger partial charge on any atom is 0.293 e. The Morgan fingerprint density at radius 2 is 2.50 bits per heavy atom. The monoisotopic (exact) mass is 141 g/mol. The lowest BCUT2D eigenvalue weighted by atomic mass is 10.1. The van der Waals surface area contributed by atoms with Crippen LogP contribution >= 0.6 is 0 Å². The highest BCUT2D eigenvalue weighted by atomic mass is 16.5. The first-order valence-electron chi connectivity index (χ1n) is 3.23. The Morgan fingerprint density at radius 3 is 3.00 bits per heavy atom. The van der Waals surface area contributed by atoms with Crippen molar-refractivity contribution in [3.05, 3.63) is 0 Å². The van der Waals surface area contributed by atoms with Crippen molar-refractivity contribution in [2.45, 2.75) is 19.8 Å². The van der Waals surface area contributed by atoms with E-state index in [2.05, 4.69) is 10.8 Å². The van der Waals surface area contributed by atoms with Gasteiger partial charge in [-0.05, 0) is 12.3 Å². The fourth-order valence-electron chi connectivity index (χ4n) is 0.575. The second-order valence-corrected chi connectivity index (χ2v) is 2.22. The highest BCUT2D eigenvalue weighted by Crippen LogP contribution is 2.04. The number of carbonyl (C=O) groups is 1. The summed E-state index contributed by atoms with van der Waals surface area (Å²) >= 11 is 0. The van der Waals surface area contributed by atoms with Crippen LogP contribution in [0, 0.1) is 17.2 Å². The molecule has 0 aromatic heterocycles. The zero-order valence-corrected chi connectivity index (χ0v) is 6.04. The largest absolute Gasteiger partial charge is 0.468 e. The molecule has 0 spiro atoms. The van der Waals surface area contributed by atoms with Crippen molar-refractivity contribution >= 4 is 6.47 Å². The van der Waals surface area contributed by atoms with Gasteiger partial charge >= 0.3 is 0 Å². The smallest absolute Gasteiger partial charge is 0.293 e. The lowest BCUT2D eigenvalue weighted by Gasteiger charge is -2.03. The van der Waals surface area contributed by atoms with Crippen LogP contribution < -0.4 is 0 Å². The van der Waals surface area contributed by atoms with Crippen molar-refractivity contribution < 1.29 is 9.53 Å². The molecule has 0 saturated heterocycles. The van der Waals surface area contributed by atoms with Gasteiger partial charge in [0.05, 0.1) is 12.7 Å². The standard InChI is InChI=1S/C7H11NO2/c1-7(2-4-8)3-5-10-6-9/h6-7H,2-3,5H2,1H3. The van der Waals surface area contributed by atoms with Crippen LogP contribution in [-0.4, -0.2) is 13.1 Å². The summed E-state index contributed by atoms with van der Waals surface area (Å²) in [7, 11) is 0. The van der Waals surface area contributed by atoms with Gasteiger partial charge in [0.25, 0.3) is 6.47 Å². The molecule has 0 amide bonds. The van der Waals surface area contributed by atoms with E-state index < -0.39 is 0 Å². The first kappa shape index (κ1) is 8.96. The molecule has 1 unspecified atom stereocenters. The van der Waals surface area contributed by atoms with Gasteiger partial charge < -0.3 is 4.74 Å². The molecular weight excluding hydrogens is 130 g/mol. The molecular formula is C7H11NO2. The van der Waals surface area contributed by atoms with E-state index >= 15 is 0 Å². The molecule has 10 heavy (non-hydrogen) atoms. The van der Waals surface area contributed by atoms with E-state index in [9.17, 15) is 4.79 Å². The van der Waals surface area contributed by atoms with Crippen molar-refractivity contribution in [2.75, 3.05) is 6.61 Å². The van der Waals surface area contributed by atoms with E-state index in [1.54, 1.807) is 0 Å². The number of carbonyl (C=O) groups excluding carboxylic acids is 1. The quantitative estimate of drug-likeness (QED) is 0.425. The van der Waals surface area contributed by atoms with E-state index in [-0.39, 0.29) is 0 Å². The van der Waals surface area contributed by atoms with E-state index in [0.29, 0.717) is 25.4 Å². The minimum atomic E-state index is 0.324. The molecule has 0 fully saturated rings. The summed E-state index contributed by atoms with van der Waals surface area (Å²) in [4.78, 5) is 9.66. The molecule has 0 heterocycles. The van der Waals surface area contributed by atoms with Crippen LogP contribution in [-0.2, 0) is 9.53 Å². The lowest BCUT2D eigenvalue weighted by Crippen LogP contribution is -1.99. The summed E-state index contributed by atoms with van der Waals surface area (Å²) < 4.78 is 4.46. The number of rotatable bonds is 5. The van der Waals surface area contributed by atoms with Gasteiger partial charge in [-0.25, -0.2) is 0 Å². The second-order valence-electron chi connectivity index (χ2n) is 2.22. The number of hydrogen-bond donors (Lipinski definition) is 0. The molecule has 0 bridgehead atoms. The van der Waals surface area contributed by atoms with Gasteiger partial charge in [-0.15, -0.1) is 0 Å². The molecule has 0 rings (SSSR count). The Labute approximate surface area is 60.6 Å². The van der Waals surface area contributed by atoms with Crippen molar-refractivity contribution in [1.82, 2.24) is 0 Å². The Hall–Kier alpha value is -1.04. The molecule has 0 saturated carbocycles. The van der Waals surface area contributed by atoms with Crippen molar-refractivity contribution in [3.8, 4) is 6.07 Å². The first-order chi connectivity index (χ1) is 4.81. The molecule has 0 aromatic carbocycles. The minimum absolute atomic E-state index is 0.324. The van der Waals surface area contributed by atoms with Gasteiger partial charge in [0.1, 0.15) is 0 Å². The summed E-state index contributed by atoms with van der Waals surface area (Å²) in [5.74, 6) is 0.324. The fraction of sp³-hybridized carbons (Fsp3) is 0.714. The first-order valence-corrected chi connectivity index (χ1v) is 3.23. The summed E-state index contributed by atoms with van der Waals surface area (Å²) in [5, 5.41) is 8.23. The predicted molar refractivity (Wildman–Crippen MR) is 36.0 cm³/mol. The SMILES string of the molecule is CC(CC#N)CCOC=O. The van der Waals surface area contributed by atoms with Crippen LogP contribution in [0.5, 0.6) is 0 Å². The summed E-state index contributed by atoms with van der Waals surface area (Å²) in [6.07, 6.45) is 1.30. The van der Waals surface area contributed by atoms with Crippen molar-refractivity contribution in [1.29, 1.82) is 5.26 Å². The average Bonchev–Trinajstić information content (AvgIpc) is 1.89. The van der Waals surface area contributed by atoms with E-state index in [4.69, 9.17) is 5.26 Å². The summed E-state index contributed by atoms with van der Waals surface area (Å²) in [5.41, 5.74) is 0. The topological polar surface area (TPSA) is 50.1 Å². The molecule has 0 aromatic rings. The van der Waals surface area contributed by atoms with Crippen LogP contribution in [0.2, 0.25) is 0 Å². The fourth-order valence-corrected chi connectivity index (χ4v) is 0.575.